The molecule has 0 N–H and O–H groups in total. The molecule has 0 unspecified atom stereocenters. The molecule has 0 amide bonds. The van der Waals surface area contributed by atoms with Gasteiger partial charge in [-0.1, -0.05) is 24.3 Å². The van der Waals surface area contributed by atoms with Crippen LogP contribution in [-0.2, 0) is 13.7 Å². The smallest absolute Gasteiger partial charge is 0.307 e. The number of hydrogen-bond acceptors (Lipinski definition) is 4. The van der Waals surface area contributed by atoms with E-state index in [1.807, 2.05) is 0 Å². The standard InChI is InChI=1S/C12H20NO3P/c1-5-9-13(10-6-2)16-17(14-11-7-3)15-12-8-4/h5-8H,1-4,9-12H2. The molecule has 0 aromatic heterocycles. The highest BCUT2D eigenvalue weighted by Crippen LogP contribution is 2.40. The maximum atomic E-state index is 5.55. The van der Waals surface area contributed by atoms with Crippen molar-refractivity contribution in [2.75, 3.05) is 26.3 Å². The largest absolute Gasteiger partial charge is 0.351 e. The second-order valence-corrected chi connectivity index (χ2v) is 4.03. The van der Waals surface area contributed by atoms with Gasteiger partial charge < -0.3 is 9.05 Å². The second kappa shape index (κ2) is 11.7. The van der Waals surface area contributed by atoms with Crippen LogP contribution in [0.15, 0.2) is 50.6 Å². The maximum absolute atomic E-state index is 5.55. The summed E-state index contributed by atoms with van der Waals surface area (Å²) in [4.78, 5) is 0. The summed E-state index contributed by atoms with van der Waals surface area (Å²) in [6.45, 7) is 16.3. The van der Waals surface area contributed by atoms with Gasteiger partial charge in [0.1, 0.15) is 0 Å². The van der Waals surface area contributed by atoms with Gasteiger partial charge in [-0.05, 0) is 0 Å². The lowest BCUT2D eigenvalue weighted by molar-refractivity contribution is -0.0553. The van der Waals surface area contributed by atoms with Crippen LogP contribution in [-0.4, -0.2) is 31.4 Å². The molecular formula is C12H20NO3P. The summed E-state index contributed by atoms with van der Waals surface area (Å²) in [7, 11) is -1.45. The van der Waals surface area contributed by atoms with Crippen LogP contribution in [0.5, 0.6) is 0 Å². The molecule has 0 radical (unpaired) electrons. The zero-order chi connectivity index (χ0) is 12.9. The number of nitrogens with zero attached hydrogens (tertiary/aromatic N) is 1. The van der Waals surface area contributed by atoms with Crippen molar-refractivity contribution in [3.05, 3.63) is 50.6 Å². The van der Waals surface area contributed by atoms with Crippen molar-refractivity contribution < 1.29 is 13.7 Å². The Balaban J connectivity index is 4.21. The lowest BCUT2D eigenvalue weighted by Crippen LogP contribution is -2.23. The summed E-state index contributed by atoms with van der Waals surface area (Å²) in [6.07, 6.45) is 6.75. The van der Waals surface area contributed by atoms with Crippen molar-refractivity contribution in [2.45, 2.75) is 0 Å². The van der Waals surface area contributed by atoms with Crippen LogP contribution in [0.25, 0.3) is 0 Å². The van der Waals surface area contributed by atoms with Gasteiger partial charge in [0, 0.05) is 13.1 Å². The van der Waals surface area contributed by atoms with Gasteiger partial charge in [-0.15, -0.1) is 26.3 Å². The Morgan fingerprint density at radius 1 is 0.824 bits per heavy atom. The van der Waals surface area contributed by atoms with E-state index in [1.165, 1.54) is 0 Å². The monoisotopic (exact) mass is 257 g/mol. The molecule has 0 aromatic carbocycles. The van der Waals surface area contributed by atoms with E-state index in [0.717, 1.165) is 0 Å². The van der Waals surface area contributed by atoms with Crippen molar-refractivity contribution in [3.8, 4) is 0 Å². The Kier molecular flexibility index (Phi) is 11.2. The van der Waals surface area contributed by atoms with Gasteiger partial charge in [0.05, 0.1) is 13.2 Å². The fraction of sp³-hybridized carbons (Fsp3) is 0.333. The quantitative estimate of drug-likeness (QED) is 0.305. The molecule has 0 atom stereocenters. The molecular weight excluding hydrogens is 237 g/mol. The van der Waals surface area contributed by atoms with Crippen LogP contribution in [0.1, 0.15) is 0 Å². The first-order valence-electron chi connectivity index (χ1n) is 5.21. The molecule has 17 heavy (non-hydrogen) atoms. The molecule has 0 aliphatic carbocycles. The molecule has 0 heterocycles. The lowest BCUT2D eigenvalue weighted by atomic mass is 10.5. The SMILES string of the molecule is C=CCOP(OCC=C)ON(CC=C)CC=C. The highest BCUT2D eigenvalue weighted by molar-refractivity contribution is 7.41. The van der Waals surface area contributed by atoms with Crippen LogP contribution in [0.3, 0.4) is 0 Å². The third kappa shape index (κ3) is 8.98. The Morgan fingerprint density at radius 3 is 1.65 bits per heavy atom. The third-order valence-electron chi connectivity index (χ3n) is 1.44. The summed E-state index contributed by atoms with van der Waals surface area (Å²) in [5.41, 5.74) is 0. The van der Waals surface area contributed by atoms with E-state index in [9.17, 15) is 0 Å². The fourth-order valence-corrected chi connectivity index (χ4v) is 1.78. The first-order valence-corrected chi connectivity index (χ1v) is 6.30. The topological polar surface area (TPSA) is 30.9 Å². The zero-order valence-corrected chi connectivity index (χ0v) is 11.0. The minimum atomic E-state index is -1.45. The Morgan fingerprint density at radius 2 is 1.29 bits per heavy atom. The van der Waals surface area contributed by atoms with E-state index in [2.05, 4.69) is 26.3 Å². The van der Waals surface area contributed by atoms with Gasteiger partial charge in [0.25, 0.3) is 0 Å². The van der Waals surface area contributed by atoms with Gasteiger partial charge >= 0.3 is 8.60 Å². The van der Waals surface area contributed by atoms with Crippen molar-refractivity contribution in [3.63, 3.8) is 0 Å². The first-order chi connectivity index (χ1) is 8.28. The summed E-state index contributed by atoms with van der Waals surface area (Å²) in [5, 5.41) is 1.66. The van der Waals surface area contributed by atoms with Gasteiger partial charge in [-0.3, -0.25) is 0 Å². The lowest BCUT2D eigenvalue weighted by Gasteiger charge is -2.23. The zero-order valence-electron chi connectivity index (χ0n) is 10.1. The molecule has 0 saturated carbocycles. The van der Waals surface area contributed by atoms with Gasteiger partial charge in [-0.25, -0.2) is 4.62 Å². The summed E-state index contributed by atoms with van der Waals surface area (Å²) in [5.74, 6) is 0. The molecule has 0 aliphatic rings. The average molecular weight is 257 g/mol. The van der Waals surface area contributed by atoms with Crippen LogP contribution in [0, 0.1) is 0 Å². The van der Waals surface area contributed by atoms with E-state index in [-0.39, 0.29) is 0 Å². The van der Waals surface area contributed by atoms with Gasteiger partial charge in [0.2, 0.25) is 0 Å². The highest BCUT2D eigenvalue weighted by Gasteiger charge is 2.16. The maximum Gasteiger partial charge on any atom is 0.351 e. The van der Waals surface area contributed by atoms with Crippen molar-refractivity contribution in [1.29, 1.82) is 0 Å². The molecule has 0 aromatic rings. The average Bonchev–Trinajstić information content (AvgIpc) is 2.33. The molecule has 0 spiro atoms. The van der Waals surface area contributed by atoms with Crippen molar-refractivity contribution in [2.24, 2.45) is 0 Å². The minimum Gasteiger partial charge on any atom is -0.307 e. The van der Waals surface area contributed by atoms with Gasteiger partial charge in [0.15, 0.2) is 0 Å². The van der Waals surface area contributed by atoms with E-state index in [1.54, 1.807) is 29.4 Å². The Hall–Kier alpha value is -0.770. The van der Waals surface area contributed by atoms with Crippen LogP contribution >= 0.6 is 8.60 Å². The van der Waals surface area contributed by atoms with Gasteiger partial charge in [-0.2, -0.15) is 5.06 Å². The molecule has 0 fully saturated rings. The van der Waals surface area contributed by atoms with Crippen molar-refractivity contribution >= 4 is 8.60 Å². The second-order valence-electron chi connectivity index (χ2n) is 2.90. The van der Waals surface area contributed by atoms with E-state index in [4.69, 9.17) is 13.7 Å². The van der Waals surface area contributed by atoms with E-state index < -0.39 is 8.60 Å². The molecule has 0 rings (SSSR count). The molecule has 0 saturated heterocycles. The molecule has 5 heteroatoms. The predicted octanol–water partition coefficient (Wildman–Crippen LogP) is 3.22. The normalized spacial score (nSPS) is 10.5. The molecule has 0 aliphatic heterocycles. The number of hydroxylamine groups is 2. The number of hydrogen-bond donors (Lipinski definition) is 0. The summed E-state index contributed by atoms with van der Waals surface area (Å²) < 4.78 is 16.3. The number of rotatable bonds is 12. The summed E-state index contributed by atoms with van der Waals surface area (Å²) >= 11 is 0. The Labute approximate surface area is 105 Å². The van der Waals surface area contributed by atoms with E-state index >= 15 is 0 Å². The fourth-order valence-electron chi connectivity index (χ4n) is 0.835. The highest BCUT2D eigenvalue weighted by atomic mass is 31.2. The summed E-state index contributed by atoms with van der Waals surface area (Å²) in [6, 6.07) is 0. The predicted molar refractivity (Wildman–Crippen MR) is 72.3 cm³/mol. The molecule has 96 valence electrons. The van der Waals surface area contributed by atoms with E-state index in [0.29, 0.717) is 26.3 Å². The molecule has 4 nitrogen and oxygen atoms in total. The van der Waals surface area contributed by atoms with Crippen LogP contribution in [0.4, 0.5) is 0 Å². The van der Waals surface area contributed by atoms with Crippen LogP contribution in [0.2, 0.25) is 0 Å². The third-order valence-corrected chi connectivity index (χ3v) is 2.53. The molecule has 0 bridgehead atoms. The van der Waals surface area contributed by atoms with Crippen LogP contribution < -0.4 is 0 Å². The minimum absolute atomic E-state index is 0.374. The first kappa shape index (κ1) is 16.2. The van der Waals surface area contributed by atoms with Crippen molar-refractivity contribution in [1.82, 2.24) is 5.06 Å². The Bertz CT molecular complexity index is 224.